The van der Waals surface area contributed by atoms with Crippen molar-refractivity contribution in [3.63, 3.8) is 0 Å². The van der Waals surface area contributed by atoms with Crippen molar-refractivity contribution in [2.45, 2.75) is 48.2 Å². The summed E-state index contributed by atoms with van der Waals surface area (Å²) in [5.74, 6) is 0. The monoisotopic (exact) mass is 627 g/mol. The summed E-state index contributed by atoms with van der Waals surface area (Å²) in [6.45, 7) is 6.55. The molecule has 7 nitrogen and oxygen atoms in total. The van der Waals surface area contributed by atoms with Gasteiger partial charge < -0.3 is 15.1 Å². The van der Waals surface area contributed by atoms with Crippen molar-refractivity contribution in [3.8, 4) is 0 Å². The number of allylic oxidation sites excluding steroid dienone is 1. The maximum absolute atomic E-state index is 11.0. The Morgan fingerprint density at radius 3 is 2.35 bits per heavy atom. The summed E-state index contributed by atoms with van der Waals surface area (Å²) in [5.41, 5.74) is 6.16. The Morgan fingerprint density at radius 1 is 1.05 bits per heavy atom. The molecule has 0 radical (unpaired) electrons. The SMILES string of the molecule is CC1=CC(C)(C)N(C)c2cc(Cl)c([C@H]3[C@H](c4ccccn4)NC(=S)N3c3ccc(Sc4ccc([N+](=O)[O-])cc4)cc3)cc21. The van der Waals surface area contributed by atoms with E-state index < -0.39 is 4.92 Å². The largest absolute Gasteiger partial charge is 0.365 e. The second-order valence-corrected chi connectivity index (χ2v) is 13.2. The zero-order valence-electron chi connectivity index (χ0n) is 24.1. The van der Waals surface area contributed by atoms with Crippen LogP contribution in [-0.4, -0.2) is 27.6 Å². The molecule has 2 atom stereocenters. The van der Waals surface area contributed by atoms with Gasteiger partial charge in [-0.05, 0) is 105 Å². The Balaban J connectivity index is 1.39. The fraction of sp³-hybridized carbons (Fsp3) is 0.212. The molecule has 2 aliphatic heterocycles. The highest BCUT2D eigenvalue weighted by Crippen LogP contribution is 2.48. The normalized spacial score (nSPS) is 19.1. The van der Waals surface area contributed by atoms with Crippen LogP contribution < -0.4 is 15.1 Å². The van der Waals surface area contributed by atoms with Crippen LogP contribution in [0.3, 0.4) is 0 Å². The van der Waals surface area contributed by atoms with Gasteiger partial charge in [-0.15, -0.1) is 0 Å². The predicted octanol–water partition coefficient (Wildman–Crippen LogP) is 8.60. The van der Waals surface area contributed by atoms with Gasteiger partial charge in [-0.3, -0.25) is 15.1 Å². The van der Waals surface area contributed by atoms with Crippen LogP contribution in [0.25, 0.3) is 5.57 Å². The maximum Gasteiger partial charge on any atom is 0.269 e. The van der Waals surface area contributed by atoms with Gasteiger partial charge in [0.15, 0.2) is 5.11 Å². The van der Waals surface area contributed by atoms with Crippen molar-refractivity contribution in [1.29, 1.82) is 0 Å². The molecule has 0 aliphatic carbocycles. The van der Waals surface area contributed by atoms with Crippen LogP contribution in [0.1, 0.15) is 49.7 Å². The number of halogens is 1. The fourth-order valence-electron chi connectivity index (χ4n) is 5.81. The lowest BCUT2D eigenvalue weighted by Crippen LogP contribution is -2.42. The van der Waals surface area contributed by atoms with E-state index in [1.807, 2.05) is 42.5 Å². The van der Waals surface area contributed by atoms with Gasteiger partial charge in [0.1, 0.15) is 0 Å². The highest BCUT2D eigenvalue weighted by atomic mass is 35.5. The predicted molar refractivity (Wildman–Crippen MR) is 179 cm³/mol. The zero-order valence-corrected chi connectivity index (χ0v) is 26.5. The molecular formula is C33H30ClN5O2S2. The number of fused-ring (bicyclic) bond motifs is 1. The van der Waals surface area contributed by atoms with Gasteiger partial charge in [-0.1, -0.05) is 35.5 Å². The van der Waals surface area contributed by atoms with Crippen LogP contribution in [-0.2, 0) is 0 Å². The molecule has 10 heteroatoms. The van der Waals surface area contributed by atoms with Crippen molar-refractivity contribution in [2.75, 3.05) is 16.8 Å². The minimum atomic E-state index is -0.393. The summed E-state index contributed by atoms with van der Waals surface area (Å²) in [6, 6.07) is 24.4. The Labute approximate surface area is 265 Å². The molecule has 0 saturated carbocycles. The van der Waals surface area contributed by atoms with Crippen molar-refractivity contribution in [1.82, 2.24) is 10.3 Å². The summed E-state index contributed by atoms with van der Waals surface area (Å²) in [7, 11) is 2.10. The molecule has 2 aliphatic rings. The van der Waals surface area contributed by atoms with E-state index >= 15 is 0 Å². The third kappa shape index (κ3) is 5.48. The zero-order chi connectivity index (χ0) is 30.5. The number of likely N-dealkylation sites (N-methyl/N-ethyl adjacent to an activating group) is 1. The average Bonchev–Trinajstić information content (AvgIpc) is 3.33. The Kier molecular flexibility index (Phi) is 7.66. The minimum absolute atomic E-state index is 0.0742. The van der Waals surface area contributed by atoms with E-state index in [9.17, 15) is 10.1 Å². The summed E-state index contributed by atoms with van der Waals surface area (Å²) < 4.78 is 0. The van der Waals surface area contributed by atoms with E-state index in [2.05, 4.69) is 66.1 Å². The van der Waals surface area contributed by atoms with Gasteiger partial charge in [-0.25, -0.2) is 0 Å². The summed E-state index contributed by atoms with van der Waals surface area (Å²) in [4.78, 5) is 21.6. The number of pyridine rings is 1. The van der Waals surface area contributed by atoms with Crippen molar-refractivity contribution < 1.29 is 4.92 Å². The van der Waals surface area contributed by atoms with Crippen LogP contribution in [0.5, 0.6) is 0 Å². The number of nitro benzene ring substituents is 1. The number of thiocarbonyl (C=S) groups is 1. The smallest absolute Gasteiger partial charge is 0.269 e. The molecule has 1 aromatic heterocycles. The van der Waals surface area contributed by atoms with Gasteiger partial charge in [0.05, 0.1) is 28.2 Å². The highest BCUT2D eigenvalue weighted by Gasteiger charge is 2.42. The summed E-state index contributed by atoms with van der Waals surface area (Å²) >= 11 is 14.6. The van der Waals surface area contributed by atoms with Crippen molar-refractivity contribution in [2.24, 2.45) is 0 Å². The van der Waals surface area contributed by atoms with Gasteiger partial charge >= 0.3 is 0 Å². The molecule has 4 aromatic rings. The van der Waals surface area contributed by atoms with Gasteiger partial charge in [0.2, 0.25) is 0 Å². The number of non-ortho nitro benzene ring substituents is 1. The molecule has 3 heterocycles. The van der Waals surface area contributed by atoms with Crippen LogP contribution >= 0.6 is 35.6 Å². The first kappa shape index (κ1) is 29.2. The molecule has 6 rings (SSSR count). The van der Waals surface area contributed by atoms with Crippen LogP contribution in [0, 0.1) is 10.1 Å². The third-order valence-electron chi connectivity index (χ3n) is 8.15. The number of aromatic nitrogens is 1. The van der Waals surface area contributed by atoms with E-state index in [4.69, 9.17) is 23.8 Å². The van der Waals surface area contributed by atoms with Crippen molar-refractivity contribution >= 4 is 63.3 Å². The number of nitrogens with one attached hydrogen (secondary N) is 1. The molecule has 1 N–H and O–H groups in total. The third-order valence-corrected chi connectivity index (χ3v) is 9.81. The number of rotatable bonds is 6. The second-order valence-electron chi connectivity index (χ2n) is 11.3. The Morgan fingerprint density at radius 2 is 1.72 bits per heavy atom. The first-order chi connectivity index (χ1) is 20.5. The highest BCUT2D eigenvalue weighted by molar-refractivity contribution is 7.99. The average molecular weight is 628 g/mol. The quantitative estimate of drug-likeness (QED) is 0.129. The Bertz CT molecular complexity index is 1740. The lowest BCUT2D eigenvalue weighted by atomic mass is 9.86. The lowest BCUT2D eigenvalue weighted by Gasteiger charge is -2.41. The first-order valence-corrected chi connectivity index (χ1v) is 15.4. The number of hydrogen-bond acceptors (Lipinski definition) is 6. The molecule has 43 heavy (non-hydrogen) atoms. The molecule has 3 aromatic carbocycles. The molecule has 1 saturated heterocycles. The van der Waals surface area contributed by atoms with Gasteiger partial charge in [-0.2, -0.15) is 0 Å². The molecule has 1 fully saturated rings. The van der Waals surface area contributed by atoms with E-state index in [-0.39, 0.29) is 23.3 Å². The van der Waals surface area contributed by atoms with Crippen LogP contribution in [0.2, 0.25) is 5.02 Å². The van der Waals surface area contributed by atoms with Gasteiger partial charge in [0, 0.05) is 57.1 Å². The number of nitro groups is 1. The number of benzene rings is 3. The summed E-state index contributed by atoms with van der Waals surface area (Å²) in [5, 5.41) is 15.8. The molecular weight excluding hydrogens is 598 g/mol. The maximum atomic E-state index is 11.0. The van der Waals surface area contributed by atoms with Crippen molar-refractivity contribution in [3.05, 3.63) is 123 Å². The Hall–Kier alpha value is -3.92. The van der Waals surface area contributed by atoms with E-state index in [0.29, 0.717) is 10.1 Å². The molecule has 218 valence electrons. The molecule has 0 amide bonds. The fourth-order valence-corrected chi connectivity index (χ4v) is 7.24. The van der Waals surface area contributed by atoms with E-state index in [1.165, 1.54) is 17.7 Å². The minimum Gasteiger partial charge on any atom is -0.365 e. The van der Waals surface area contributed by atoms with Crippen LogP contribution in [0.15, 0.2) is 101 Å². The standard InChI is InChI=1S/C33H30ClN5O2S2/c1-20-19-33(2,3)37(4)29-18-27(34)26(17-25(20)29)31-30(28-7-5-6-16-35-28)36-32(42)38(31)21-8-12-23(13-9-21)43-24-14-10-22(11-15-24)39(40)41/h5-19,30-31H,1-4H3,(H,36,42)/t30-,31-/m0/s1. The lowest BCUT2D eigenvalue weighted by molar-refractivity contribution is -0.384. The van der Waals surface area contributed by atoms with E-state index in [1.54, 1.807) is 30.1 Å². The molecule has 0 unspecified atom stereocenters. The van der Waals surface area contributed by atoms with Gasteiger partial charge in [0.25, 0.3) is 5.69 Å². The second kappa shape index (κ2) is 11.3. The topological polar surface area (TPSA) is 74.5 Å². The number of hydrogen-bond donors (Lipinski definition) is 1. The number of nitrogens with zero attached hydrogens (tertiary/aromatic N) is 4. The molecule has 0 bridgehead atoms. The summed E-state index contributed by atoms with van der Waals surface area (Å²) in [6.07, 6.45) is 4.09. The van der Waals surface area contributed by atoms with Crippen LogP contribution in [0.4, 0.5) is 17.1 Å². The van der Waals surface area contributed by atoms with E-state index in [0.717, 1.165) is 38.0 Å². The molecule has 0 spiro atoms. The number of anilines is 2. The first-order valence-electron chi connectivity index (χ1n) is 13.8.